The van der Waals surface area contributed by atoms with Gasteiger partial charge < -0.3 is 10.6 Å². The molecule has 0 aromatic heterocycles. The van der Waals surface area contributed by atoms with Gasteiger partial charge in [0.25, 0.3) is 0 Å². The Morgan fingerprint density at radius 3 is 2.30 bits per heavy atom. The Balaban J connectivity index is 3.03. The van der Waals surface area contributed by atoms with Gasteiger partial charge in [-0.3, -0.25) is 0 Å². The summed E-state index contributed by atoms with van der Waals surface area (Å²) in [4.78, 5) is 1.42. The minimum absolute atomic E-state index is 0.216. The first-order valence-electron chi connectivity index (χ1n) is 5.87. The van der Waals surface area contributed by atoms with Crippen LogP contribution >= 0.6 is 0 Å². The minimum atomic E-state index is -4.62. The fourth-order valence-corrected chi connectivity index (χ4v) is 3.02. The number of alkyl halides is 3. The van der Waals surface area contributed by atoms with E-state index in [9.17, 15) is 21.6 Å². The number of nitrogens with two attached hydrogens (primary N) is 1. The highest BCUT2D eigenvalue weighted by Crippen LogP contribution is 2.32. The van der Waals surface area contributed by atoms with Crippen LogP contribution in [0, 0.1) is 0 Å². The van der Waals surface area contributed by atoms with Crippen LogP contribution in [0.2, 0.25) is 0 Å². The van der Waals surface area contributed by atoms with Crippen molar-refractivity contribution in [2.75, 3.05) is 32.1 Å². The van der Waals surface area contributed by atoms with E-state index in [1.54, 1.807) is 19.0 Å². The maximum absolute atomic E-state index is 12.6. The Hall–Kier alpha value is -1.28. The second-order valence-corrected chi connectivity index (χ2v) is 6.87. The molecule has 0 saturated carbocycles. The molecular weight excluding hydrogens is 293 g/mol. The highest BCUT2D eigenvalue weighted by molar-refractivity contribution is 7.91. The molecule has 0 fully saturated rings. The lowest BCUT2D eigenvalue weighted by molar-refractivity contribution is -0.137. The molecule has 0 unspecified atom stereocenters. The van der Waals surface area contributed by atoms with Gasteiger partial charge in [-0.1, -0.05) is 0 Å². The Kier molecular flexibility index (Phi) is 5.04. The lowest BCUT2D eigenvalue weighted by atomic mass is 10.2. The summed E-state index contributed by atoms with van der Waals surface area (Å²) in [6.07, 6.45) is -4.28. The normalized spacial score (nSPS) is 12.9. The molecule has 8 heteroatoms. The molecule has 114 valence electrons. The van der Waals surface area contributed by atoms with Crippen LogP contribution in [0.1, 0.15) is 12.0 Å². The Bertz CT molecular complexity index is 569. The van der Waals surface area contributed by atoms with Crippen molar-refractivity contribution in [2.24, 2.45) is 0 Å². The van der Waals surface area contributed by atoms with Crippen LogP contribution < -0.4 is 5.73 Å². The molecule has 0 bridgehead atoms. The second kappa shape index (κ2) is 6.01. The summed E-state index contributed by atoms with van der Waals surface area (Å²) in [5.74, 6) is -0.216. The summed E-state index contributed by atoms with van der Waals surface area (Å²) in [7, 11) is -0.195. The third kappa shape index (κ3) is 4.68. The van der Waals surface area contributed by atoms with Crippen LogP contribution in [0.15, 0.2) is 23.1 Å². The first kappa shape index (κ1) is 16.8. The predicted octanol–water partition coefficient (Wildman–Crippen LogP) is 2.01. The van der Waals surface area contributed by atoms with Crippen LogP contribution in [-0.4, -0.2) is 39.7 Å². The van der Waals surface area contributed by atoms with Crippen molar-refractivity contribution in [2.45, 2.75) is 17.5 Å². The molecule has 0 atom stereocenters. The number of rotatable bonds is 5. The number of hydrogen-bond acceptors (Lipinski definition) is 4. The molecule has 0 spiro atoms. The minimum Gasteiger partial charge on any atom is -0.399 e. The van der Waals surface area contributed by atoms with Crippen molar-refractivity contribution in [3.8, 4) is 0 Å². The highest BCUT2D eigenvalue weighted by atomic mass is 32.2. The molecular formula is C12H17F3N2O2S. The van der Waals surface area contributed by atoms with Crippen molar-refractivity contribution in [3.63, 3.8) is 0 Å². The van der Waals surface area contributed by atoms with Gasteiger partial charge in [0.15, 0.2) is 9.84 Å². The summed E-state index contributed by atoms with van der Waals surface area (Å²) in [6, 6.07) is 2.40. The maximum Gasteiger partial charge on any atom is 0.416 e. The van der Waals surface area contributed by atoms with E-state index in [1.165, 1.54) is 0 Å². The molecule has 0 aliphatic carbocycles. The van der Waals surface area contributed by atoms with Gasteiger partial charge in [0.05, 0.1) is 16.2 Å². The molecule has 0 amide bonds. The third-order valence-electron chi connectivity index (χ3n) is 2.63. The summed E-state index contributed by atoms with van der Waals surface area (Å²) in [6.45, 7) is 0.535. The zero-order valence-electron chi connectivity index (χ0n) is 11.2. The van der Waals surface area contributed by atoms with E-state index in [1.807, 2.05) is 0 Å². The lowest BCUT2D eigenvalue weighted by Crippen LogP contribution is -2.18. The zero-order chi connectivity index (χ0) is 15.6. The van der Waals surface area contributed by atoms with Gasteiger partial charge in [-0.05, 0) is 45.3 Å². The molecule has 0 aliphatic heterocycles. The van der Waals surface area contributed by atoms with Crippen LogP contribution in [0.4, 0.5) is 18.9 Å². The molecule has 1 aromatic carbocycles. The standard InChI is InChI=1S/C12H17F3N2O2S/c1-17(2)4-3-5-20(18,19)11-7-9(12(13,14)15)6-10(16)8-11/h6-8H,3-5,16H2,1-2H3. The van der Waals surface area contributed by atoms with Gasteiger partial charge in [-0.15, -0.1) is 0 Å². The number of halogens is 3. The van der Waals surface area contributed by atoms with Gasteiger partial charge in [-0.25, -0.2) is 8.42 Å². The van der Waals surface area contributed by atoms with Crippen LogP contribution in [0.25, 0.3) is 0 Å². The average molecular weight is 310 g/mol. The molecule has 20 heavy (non-hydrogen) atoms. The fourth-order valence-electron chi connectivity index (χ4n) is 1.65. The predicted molar refractivity (Wildman–Crippen MR) is 71.1 cm³/mol. The topological polar surface area (TPSA) is 63.4 Å². The quantitative estimate of drug-likeness (QED) is 0.845. The fraction of sp³-hybridized carbons (Fsp3) is 0.500. The Morgan fingerprint density at radius 1 is 1.20 bits per heavy atom. The first-order valence-corrected chi connectivity index (χ1v) is 7.53. The van der Waals surface area contributed by atoms with E-state index in [-0.39, 0.29) is 16.3 Å². The molecule has 4 nitrogen and oxygen atoms in total. The van der Waals surface area contributed by atoms with E-state index in [0.29, 0.717) is 19.0 Å². The summed E-state index contributed by atoms with van der Waals surface area (Å²) < 4.78 is 61.9. The van der Waals surface area contributed by atoms with Crippen LogP contribution in [-0.2, 0) is 16.0 Å². The Labute approximate surface area is 116 Å². The highest BCUT2D eigenvalue weighted by Gasteiger charge is 2.32. The maximum atomic E-state index is 12.6. The van der Waals surface area contributed by atoms with Gasteiger partial charge in [0, 0.05) is 5.69 Å². The van der Waals surface area contributed by atoms with Gasteiger partial charge in [0.2, 0.25) is 0 Å². The smallest absolute Gasteiger partial charge is 0.399 e. The van der Waals surface area contributed by atoms with Crippen LogP contribution in [0.5, 0.6) is 0 Å². The lowest BCUT2D eigenvalue weighted by Gasteiger charge is -2.12. The molecule has 1 rings (SSSR count). The SMILES string of the molecule is CN(C)CCCS(=O)(=O)c1cc(N)cc(C(F)(F)F)c1. The Morgan fingerprint density at radius 2 is 1.80 bits per heavy atom. The monoisotopic (exact) mass is 310 g/mol. The number of anilines is 1. The molecule has 0 heterocycles. The van der Waals surface area contributed by atoms with E-state index in [4.69, 9.17) is 5.73 Å². The van der Waals surface area contributed by atoms with Gasteiger partial charge in [-0.2, -0.15) is 13.2 Å². The van der Waals surface area contributed by atoms with Crippen LogP contribution in [0.3, 0.4) is 0 Å². The largest absolute Gasteiger partial charge is 0.416 e. The van der Waals surface area contributed by atoms with Crippen molar-refractivity contribution >= 4 is 15.5 Å². The number of sulfone groups is 1. The zero-order valence-corrected chi connectivity index (χ0v) is 12.1. The molecule has 0 saturated heterocycles. The molecule has 0 aliphatic rings. The molecule has 2 N–H and O–H groups in total. The molecule has 1 aromatic rings. The van der Waals surface area contributed by atoms with Gasteiger partial charge in [0.1, 0.15) is 0 Å². The van der Waals surface area contributed by atoms with E-state index >= 15 is 0 Å². The number of nitrogen functional groups attached to an aromatic ring is 1. The van der Waals surface area contributed by atoms with Crippen molar-refractivity contribution in [3.05, 3.63) is 23.8 Å². The van der Waals surface area contributed by atoms with E-state index in [2.05, 4.69) is 0 Å². The third-order valence-corrected chi connectivity index (χ3v) is 4.41. The second-order valence-electron chi connectivity index (χ2n) is 4.76. The number of benzene rings is 1. The van der Waals surface area contributed by atoms with E-state index < -0.39 is 21.6 Å². The summed E-state index contributed by atoms with van der Waals surface area (Å²) in [5.41, 5.74) is 4.09. The van der Waals surface area contributed by atoms with Crippen molar-refractivity contribution in [1.29, 1.82) is 0 Å². The van der Waals surface area contributed by atoms with Crippen molar-refractivity contribution in [1.82, 2.24) is 4.90 Å². The molecule has 0 radical (unpaired) electrons. The van der Waals surface area contributed by atoms with Gasteiger partial charge >= 0.3 is 6.18 Å². The first-order chi connectivity index (χ1) is 9.02. The average Bonchev–Trinajstić information content (AvgIpc) is 2.26. The van der Waals surface area contributed by atoms with Crippen molar-refractivity contribution < 1.29 is 21.6 Å². The summed E-state index contributed by atoms with van der Waals surface area (Å²) in [5, 5.41) is 0. The van der Waals surface area contributed by atoms with E-state index in [0.717, 1.165) is 12.1 Å². The number of nitrogens with zero attached hydrogens (tertiary/aromatic N) is 1. The summed E-state index contributed by atoms with van der Waals surface area (Å²) >= 11 is 0. The number of hydrogen-bond donors (Lipinski definition) is 1.